The molecule has 19 heavy (non-hydrogen) atoms. The van der Waals surface area contributed by atoms with E-state index in [4.69, 9.17) is 4.74 Å². The first kappa shape index (κ1) is 14.1. The molecule has 0 saturated heterocycles. The number of ether oxygens (including phenoxy) is 1. The van der Waals surface area contributed by atoms with E-state index in [9.17, 15) is 4.79 Å². The van der Waals surface area contributed by atoms with Crippen LogP contribution in [0, 0.1) is 29.9 Å². The van der Waals surface area contributed by atoms with Crippen molar-refractivity contribution in [2.45, 2.75) is 5.92 Å². The molecule has 0 spiro atoms. The van der Waals surface area contributed by atoms with Crippen molar-refractivity contribution in [2.24, 2.45) is 0 Å². The van der Waals surface area contributed by atoms with Crippen LogP contribution in [-0.2, 0) is 9.53 Å². The topological polar surface area (TPSA) is 40.4 Å². The third kappa shape index (κ3) is 2.42. The Morgan fingerprint density at radius 3 is 1.95 bits per heavy atom. The second-order valence-corrected chi connectivity index (χ2v) is 4.19. The largest absolute Gasteiger partial charge is 0.657 e. The number of carbonyl (C=O) groups excluding carboxylic acids is 1. The molecule has 3 nitrogen and oxygen atoms in total. The van der Waals surface area contributed by atoms with E-state index in [0.717, 1.165) is 22.5 Å². The third-order valence-electron chi connectivity index (χ3n) is 3.17. The Hall–Kier alpha value is -1.28. The number of esters is 1. The van der Waals surface area contributed by atoms with Gasteiger partial charge in [0.05, 0.1) is 7.11 Å². The maximum Gasteiger partial charge on any atom is 0.317 e. The molecule has 0 bridgehead atoms. The van der Waals surface area contributed by atoms with Crippen molar-refractivity contribution in [2.75, 3.05) is 7.11 Å². The summed E-state index contributed by atoms with van der Waals surface area (Å²) in [5.41, 5.74) is 3.49. The van der Waals surface area contributed by atoms with E-state index in [-0.39, 0.29) is 41.8 Å². The standard InChI is InChI=1S/C15H12NO2.Np/c1-18-15(17)14-10-6-2-4-8-12(10)16-13-9-5-3-7-11(13)14;/h2-9,14H,1H3;/q-1;. The van der Waals surface area contributed by atoms with Crippen LogP contribution in [0.2, 0.25) is 0 Å². The molecule has 2 aromatic carbocycles. The van der Waals surface area contributed by atoms with E-state index in [0.29, 0.717) is 0 Å². The van der Waals surface area contributed by atoms with Crippen molar-refractivity contribution in [3.8, 4) is 0 Å². The van der Waals surface area contributed by atoms with Crippen LogP contribution in [0.1, 0.15) is 17.0 Å². The summed E-state index contributed by atoms with van der Waals surface area (Å²) in [4.78, 5) is 12.0. The fourth-order valence-electron chi connectivity index (χ4n) is 2.34. The number of hydrogen-bond acceptors (Lipinski definition) is 2. The molecule has 95 valence electrons. The average molecular weight is 475 g/mol. The molecular formula is C15H12NNpO2-. The Labute approximate surface area is 134 Å². The van der Waals surface area contributed by atoms with Gasteiger partial charge in [-0.15, -0.1) is 11.4 Å². The van der Waals surface area contributed by atoms with Gasteiger partial charge in [-0.1, -0.05) is 48.5 Å². The fourth-order valence-corrected chi connectivity index (χ4v) is 2.34. The van der Waals surface area contributed by atoms with Gasteiger partial charge in [-0.2, -0.15) is 0 Å². The minimum atomic E-state index is -0.375. The van der Waals surface area contributed by atoms with Crippen LogP contribution in [0.15, 0.2) is 48.5 Å². The molecule has 2 aromatic rings. The molecule has 1 aliphatic rings. The van der Waals surface area contributed by atoms with Crippen molar-refractivity contribution in [1.29, 1.82) is 0 Å². The molecule has 0 unspecified atom stereocenters. The van der Waals surface area contributed by atoms with Crippen molar-refractivity contribution in [3.05, 3.63) is 65.0 Å². The molecule has 0 fully saturated rings. The van der Waals surface area contributed by atoms with Crippen molar-refractivity contribution >= 4 is 17.3 Å². The Morgan fingerprint density at radius 1 is 1.00 bits per heavy atom. The number of carbonyl (C=O) groups is 1. The molecule has 0 amide bonds. The number of methoxy groups -OCH3 is 1. The van der Waals surface area contributed by atoms with Gasteiger partial charge in [-0.05, 0) is 11.1 Å². The zero-order valence-corrected chi connectivity index (χ0v) is 14.1. The van der Waals surface area contributed by atoms with Crippen LogP contribution in [0.4, 0.5) is 11.4 Å². The fraction of sp³-hybridized carbons (Fsp3) is 0.133. The third-order valence-corrected chi connectivity index (χ3v) is 3.17. The van der Waals surface area contributed by atoms with Crippen molar-refractivity contribution in [3.63, 3.8) is 0 Å². The smallest absolute Gasteiger partial charge is 0.317 e. The first-order chi connectivity index (χ1) is 8.81. The molecule has 4 heteroatoms. The van der Waals surface area contributed by atoms with Crippen LogP contribution in [0.5, 0.6) is 0 Å². The number of para-hydroxylation sites is 2. The predicted octanol–water partition coefficient (Wildman–Crippen LogP) is 3.64. The summed E-state index contributed by atoms with van der Waals surface area (Å²) in [6, 6.07) is 15.4. The zero-order valence-electron chi connectivity index (χ0n) is 10.4. The summed E-state index contributed by atoms with van der Waals surface area (Å²) in [6.45, 7) is 0. The van der Waals surface area contributed by atoms with E-state index in [2.05, 4.69) is 5.32 Å². The molecule has 0 saturated carbocycles. The van der Waals surface area contributed by atoms with Gasteiger partial charge in [0.2, 0.25) is 0 Å². The molecule has 0 aliphatic carbocycles. The quantitative estimate of drug-likeness (QED) is 0.592. The Morgan fingerprint density at radius 2 is 1.47 bits per heavy atom. The Kier molecular flexibility index (Phi) is 4.31. The van der Waals surface area contributed by atoms with Gasteiger partial charge in [0.15, 0.2) is 0 Å². The summed E-state index contributed by atoms with van der Waals surface area (Å²) >= 11 is 0. The molecular weight excluding hydrogens is 463 g/mol. The minimum Gasteiger partial charge on any atom is -0.657 e. The second kappa shape index (κ2) is 5.79. The van der Waals surface area contributed by atoms with E-state index < -0.39 is 0 Å². The summed E-state index contributed by atoms with van der Waals surface area (Å²) in [5, 5.41) is 4.57. The molecule has 1 radical (unpaired) electrons. The zero-order chi connectivity index (χ0) is 12.5. The summed E-state index contributed by atoms with van der Waals surface area (Å²) in [6.07, 6.45) is 0. The summed E-state index contributed by atoms with van der Waals surface area (Å²) in [7, 11) is 1.42. The SMILES string of the molecule is COC(=O)C1c2ccccc2[N-]c2ccccc21.[Np]. The van der Waals surface area contributed by atoms with Crippen molar-refractivity contribution < 1.29 is 39.5 Å². The maximum atomic E-state index is 12.0. The van der Waals surface area contributed by atoms with Gasteiger partial charge in [-0.3, -0.25) is 4.79 Å². The molecule has 1 aliphatic heterocycles. The monoisotopic (exact) mass is 474 g/mol. The number of benzene rings is 2. The Bertz CT molecular complexity index is 567. The van der Waals surface area contributed by atoms with Gasteiger partial charge >= 0.3 is 5.97 Å². The van der Waals surface area contributed by atoms with Gasteiger partial charge < -0.3 is 10.1 Å². The van der Waals surface area contributed by atoms with Crippen molar-refractivity contribution in [1.82, 2.24) is 0 Å². The molecule has 3 rings (SSSR count). The maximum absolute atomic E-state index is 12.0. The van der Waals surface area contributed by atoms with Crippen LogP contribution < -0.4 is 0 Å². The second-order valence-electron chi connectivity index (χ2n) is 4.19. The van der Waals surface area contributed by atoms with Gasteiger partial charge in [0.25, 0.3) is 0 Å². The average Bonchev–Trinajstić information content (AvgIpc) is 2.44. The minimum absolute atomic E-state index is 0. The van der Waals surface area contributed by atoms with E-state index in [1.807, 2.05) is 48.5 Å². The number of nitrogens with zero attached hydrogens (tertiary/aromatic N) is 1. The predicted molar refractivity (Wildman–Crippen MR) is 69.4 cm³/mol. The summed E-state index contributed by atoms with van der Waals surface area (Å²) < 4.78 is 4.92. The van der Waals surface area contributed by atoms with E-state index >= 15 is 0 Å². The Balaban J connectivity index is 0.00000133. The van der Waals surface area contributed by atoms with E-state index in [1.165, 1.54) is 7.11 Å². The first-order valence-electron chi connectivity index (χ1n) is 5.78. The normalized spacial score (nSPS) is 12.5. The molecule has 0 atom stereocenters. The number of fused-ring (bicyclic) bond motifs is 2. The van der Waals surface area contributed by atoms with Crippen LogP contribution in [0.25, 0.3) is 5.32 Å². The number of rotatable bonds is 1. The molecule has 1 heterocycles. The van der Waals surface area contributed by atoms with Gasteiger partial charge in [-0.25, -0.2) is 0 Å². The molecule has 0 N–H and O–H groups in total. The van der Waals surface area contributed by atoms with Crippen LogP contribution in [-0.4, -0.2) is 13.1 Å². The number of hydrogen-bond donors (Lipinski definition) is 0. The molecule has 0 aromatic heterocycles. The van der Waals surface area contributed by atoms with Crippen LogP contribution in [0.3, 0.4) is 0 Å². The van der Waals surface area contributed by atoms with Gasteiger partial charge in [0, 0.05) is 29.9 Å². The van der Waals surface area contributed by atoms with E-state index in [1.54, 1.807) is 0 Å². The summed E-state index contributed by atoms with van der Waals surface area (Å²) in [5.74, 6) is -0.621. The first-order valence-corrected chi connectivity index (χ1v) is 5.78. The van der Waals surface area contributed by atoms with Crippen LogP contribution >= 0.6 is 0 Å². The van der Waals surface area contributed by atoms with Gasteiger partial charge in [0.1, 0.15) is 5.92 Å².